The molecule has 178 valence electrons. The van der Waals surface area contributed by atoms with Crippen molar-refractivity contribution < 1.29 is 14.0 Å². The van der Waals surface area contributed by atoms with Crippen molar-refractivity contribution >= 4 is 40.9 Å². The maximum Gasteiger partial charge on any atom is 0.217 e. The molecule has 1 amide bonds. The summed E-state index contributed by atoms with van der Waals surface area (Å²) in [5.41, 5.74) is 5.82. The Labute approximate surface area is 203 Å². The van der Waals surface area contributed by atoms with Gasteiger partial charge in [-0.15, -0.1) is 0 Å². The molecule has 2 aliphatic heterocycles. The van der Waals surface area contributed by atoms with Gasteiger partial charge in [-0.05, 0) is 29.9 Å². The van der Waals surface area contributed by atoms with Gasteiger partial charge in [0.15, 0.2) is 5.11 Å². The van der Waals surface area contributed by atoms with Crippen LogP contribution < -0.4 is 15.6 Å². The van der Waals surface area contributed by atoms with Crippen molar-refractivity contribution in [3.63, 3.8) is 0 Å². The summed E-state index contributed by atoms with van der Waals surface area (Å²) in [6.45, 7) is 4.45. The Morgan fingerprint density at radius 3 is 2.71 bits per heavy atom. The van der Waals surface area contributed by atoms with E-state index in [0.29, 0.717) is 61.2 Å². The number of halogens is 1. The normalized spacial score (nSPS) is 17.9. The van der Waals surface area contributed by atoms with E-state index in [0.717, 1.165) is 5.56 Å². The van der Waals surface area contributed by atoms with Gasteiger partial charge in [-0.2, -0.15) is 5.10 Å². The van der Waals surface area contributed by atoms with E-state index in [4.69, 9.17) is 17.1 Å². The number of carbonyl (C=O) groups is 1. The van der Waals surface area contributed by atoms with E-state index >= 15 is 0 Å². The molecule has 4 rings (SSSR count). The van der Waals surface area contributed by atoms with Crippen LogP contribution in [0.2, 0.25) is 0 Å². The SMILES string of the molecule is CC(=O)NCC1CC(c2ccc(N3CCN(C(=S)N/N=C/c4ccccc4)CC3)c(F)c2)=NO1. The average Bonchev–Trinajstić information content (AvgIpc) is 3.33. The van der Waals surface area contributed by atoms with E-state index in [2.05, 4.69) is 21.0 Å². The van der Waals surface area contributed by atoms with Gasteiger partial charge in [0, 0.05) is 45.1 Å². The summed E-state index contributed by atoms with van der Waals surface area (Å²) in [5, 5.41) is 11.5. The first-order chi connectivity index (χ1) is 16.5. The molecule has 0 bridgehead atoms. The molecule has 0 radical (unpaired) electrons. The second-order valence-electron chi connectivity index (χ2n) is 8.13. The van der Waals surface area contributed by atoms with Crippen LogP contribution in [-0.4, -0.2) is 66.7 Å². The van der Waals surface area contributed by atoms with Gasteiger partial charge in [0.2, 0.25) is 5.91 Å². The highest BCUT2D eigenvalue weighted by Crippen LogP contribution is 2.25. The minimum absolute atomic E-state index is 0.121. The summed E-state index contributed by atoms with van der Waals surface area (Å²) >= 11 is 5.45. The summed E-state index contributed by atoms with van der Waals surface area (Å²) in [6, 6.07) is 14.9. The number of rotatable bonds is 6. The molecular formula is C24H27FN6O2S. The van der Waals surface area contributed by atoms with Gasteiger partial charge >= 0.3 is 0 Å². The topological polar surface area (TPSA) is 81.6 Å². The van der Waals surface area contributed by atoms with Crippen molar-refractivity contribution in [1.29, 1.82) is 0 Å². The lowest BCUT2D eigenvalue weighted by molar-refractivity contribution is -0.119. The first kappa shape index (κ1) is 23.6. The molecule has 1 fully saturated rings. The molecule has 2 aliphatic rings. The first-order valence-corrected chi connectivity index (χ1v) is 11.6. The van der Waals surface area contributed by atoms with Crippen molar-refractivity contribution in [3.05, 3.63) is 65.5 Å². The van der Waals surface area contributed by atoms with Crippen LogP contribution in [-0.2, 0) is 9.63 Å². The molecule has 0 aliphatic carbocycles. The number of nitrogens with zero attached hydrogens (tertiary/aromatic N) is 4. The number of oxime groups is 1. The zero-order valence-electron chi connectivity index (χ0n) is 18.9. The second-order valence-corrected chi connectivity index (χ2v) is 8.52. The van der Waals surface area contributed by atoms with E-state index in [9.17, 15) is 9.18 Å². The zero-order valence-corrected chi connectivity index (χ0v) is 19.7. The number of anilines is 1. The monoisotopic (exact) mass is 482 g/mol. The standard InChI is InChI=1S/C24H27FN6O2S/c1-17(32)26-16-20-14-22(29-33-20)19-7-8-23(21(25)13-19)30-9-11-31(12-10-30)24(34)28-27-15-18-5-3-2-4-6-18/h2-8,13,15,20H,9-12,14,16H2,1H3,(H,26,32)(H,28,34)/b27-15+. The third-order valence-corrected chi connectivity index (χ3v) is 6.02. The number of amides is 1. The Morgan fingerprint density at radius 1 is 1.24 bits per heavy atom. The highest BCUT2D eigenvalue weighted by molar-refractivity contribution is 7.80. The molecule has 8 nitrogen and oxygen atoms in total. The Morgan fingerprint density at radius 2 is 2.00 bits per heavy atom. The fraction of sp³-hybridized carbons (Fsp3) is 0.333. The van der Waals surface area contributed by atoms with Crippen LogP contribution in [0.3, 0.4) is 0 Å². The van der Waals surface area contributed by atoms with E-state index in [1.807, 2.05) is 46.2 Å². The summed E-state index contributed by atoms with van der Waals surface area (Å²) in [6.07, 6.45) is 2.01. The molecule has 2 N–H and O–H groups in total. The number of nitrogens with one attached hydrogen (secondary N) is 2. The smallest absolute Gasteiger partial charge is 0.217 e. The van der Waals surface area contributed by atoms with Crippen molar-refractivity contribution in [1.82, 2.24) is 15.6 Å². The lowest BCUT2D eigenvalue weighted by Crippen LogP contribution is -2.51. The lowest BCUT2D eigenvalue weighted by Gasteiger charge is -2.37. The van der Waals surface area contributed by atoms with Crippen molar-refractivity contribution in [2.45, 2.75) is 19.4 Å². The summed E-state index contributed by atoms with van der Waals surface area (Å²) in [7, 11) is 0. The quantitative estimate of drug-likeness (QED) is 0.374. The van der Waals surface area contributed by atoms with Crippen LogP contribution in [0.15, 0.2) is 58.8 Å². The Hall–Kier alpha value is -3.53. The number of benzene rings is 2. The van der Waals surface area contributed by atoms with E-state index in [1.165, 1.54) is 13.0 Å². The predicted molar refractivity (Wildman–Crippen MR) is 135 cm³/mol. The van der Waals surface area contributed by atoms with Crippen molar-refractivity contribution in [2.75, 3.05) is 37.6 Å². The number of hydrogen-bond donors (Lipinski definition) is 2. The molecule has 34 heavy (non-hydrogen) atoms. The second kappa shape index (κ2) is 11.1. The molecule has 2 heterocycles. The van der Waals surface area contributed by atoms with Crippen LogP contribution >= 0.6 is 12.2 Å². The minimum atomic E-state index is -0.299. The third-order valence-electron chi connectivity index (χ3n) is 5.67. The van der Waals surface area contributed by atoms with Gasteiger partial charge in [-0.3, -0.25) is 10.2 Å². The van der Waals surface area contributed by atoms with Crippen LogP contribution in [0.5, 0.6) is 0 Å². The summed E-state index contributed by atoms with van der Waals surface area (Å²) in [5.74, 6) is -0.420. The Balaban J connectivity index is 1.27. The molecule has 0 aromatic heterocycles. The predicted octanol–water partition coefficient (Wildman–Crippen LogP) is 2.49. The van der Waals surface area contributed by atoms with E-state index in [-0.39, 0.29) is 17.8 Å². The first-order valence-electron chi connectivity index (χ1n) is 11.1. The van der Waals surface area contributed by atoms with Gasteiger partial charge < -0.3 is 20.0 Å². The number of thiocarbonyl (C=S) groups is 1. The molecular weight excluding hydrogens is 455 g/mol. The lowest BCUT2D eigenvalue weighted by atomic mass is 10.0. The zero-order chi connectivity index (χ0) is 23.9. The maximum absolute atomic E-state index is 15.0. The fourth-order valence-electron chi connectivity index (χ4n) is 3.83. The van der Waals surface area contributed by atoms with Gasteiger partial charge in [-0.25, -0.2) is 4.39 Å². The van der Waals surface area contributed by atoms with Crippen molar-refractivity contribution in [2.24, 2.45) is 10.3 Å². The molecule has 1 atom stereocenters. The molecule has 0 spiro atoms. The number of hydrazone groups is 1. The average molecular weight is 483 g/mol. The van der Waals surface area contributed by atoms with Crippen LogP contribution in [0.4, 0.5) is 10.1 Å². The fourth-order valence-corrected chi connectivity index (χ4v) is 4.07. The van der Waals surface area contributed by atoms with Gasteiger partial charge in [0.1, 0.15) is 11.9 Å². The van der Waals surface area contributed by atoms with E-state index in [1.54, 1.807) is 12.3 Å². The molecule has 1 unspecified atom stereocenters. The van der Waals surface area contributed by atoms with Crippen LogP contribution in [0.1, 0.15) is 24.5 Å². The number of hydrogen-bond acceptors (Lipinski definition) is 6. The summed E-state index contributed by atoms with van der Waals surface area (Å²) in [4.78, 5) is 20.5. The maximum atomic E-state index is 15.0. The highest BCUT2D eigenvalue weighted by Gasteiger charge is 2.25. The van der Waals surface area contributed by atoms with Gasteiger partial charge in [-0.1, -0.05) is 41.6 Å². The van der Waals surface area contributed by atoms with E-state index < -0.39 is 0 Å². The molecule has 2 aromatic carbocycles. The minimum Gasteiger partial charge on any atom is -0.390 e. The third kappa shape index (κ3) is 6.07. The highest BCUT2D eigenvalue weighted by atomic mass is 32.1. The van der Waals surface area contributed by atoms with Gasteiger partial charge in [0.05, 0.1) is 24.2 Å². The summed E-state index contributed by atoms with van der Waals surface area (Å²) < 4.78 is 15.0. The number of carbonyl (C=O) groups excluding carboxylic acids is 1. The van der Waals surface area contributed by atoms with Gasteiger partial charge in [0.25, 0.3) is 0 Å². The van der Waals surface area contributed by atoms with Crippen LogP contribution in [0, 0.1) is 5.82 Å². The molecule has 10 heteroatoms. The largest absolute Gasteiger partial charge is 0.390 e. The number of piperazine rings is 1. The Kier molecular flexibility index (Phi) is 7.69. The Bertz CT molecular complexity index is 1090. The molecule has 1 saturated heterocycles. The van der Waals surface area contributed by atoms with Crippen molar-refractivity contribution in [3.8, 4) is 0 Å². The van der Waals surface area contributed by atoms with Crippen LogP contribution in [0.25, 0.3) is 0 Å². The molecule has 2 aromatic rings. The molecule has 0 saturated carbocycles.